The highest BCUT2D eigenvalue weighted by Crippen LogP contribution is 2.28. The SMILES string of the molecule is COc1ccc(Cc2nc(S(N)(=O)=O)n[nH]2)cc1OC. The molecule has 0 fully saturated rings. The Kier molecular flexibility index (Phi) is 3.91. The van der Waals surface area contributed by atoms with E-state index in [1.165, 1.54) is 7.11 Å². The van der Waals surface area contributed by atoms with Gasteiger partial charge in [-0.15, -0.1) is 5.10 Å². The van der Waals surface area contributed by atoms with Crippen molar-refractivity contribution in [1.82, 2.24) is 15.2 Å². The van der Waals surface area contributed by atoms with Crippen LogP contribution in [0.4, 0.5) is 0 Å². The van der Waals surface area contributed by atoms with Crippen LogP contribution in [0, 0.1) is 0 Å². The number of benzene rings is 1. The van der Waals surface area contributed by atoms with Gasteiger partial charge in [0, 0.05) is 6.42 Å². The van der Waals surface area contributed by atoms with Crippen molar-refractivity contribution < 1.29 is 17.9 Å². The standard InChI is InChI=1S/C11H14N4O4S/c1-18-8-4-3-7(5-9(8)19-2)6-10-13-11(15-14-10)20(12,16)17/h3-5H,6H2,1-2H3,(H2,12,16,17)(H,13,14,15). The molecule has 20 heavy (non-hydrogen) atoms. The number of aromatic nitrogens is 3. The molecule has 0 aliphatic rings. The zero-order valence-electron chi connectivity index (χ0n) is 11.0. The van der Waals surface area contributed by atoms with Gasteiger partial charge in [0.2, 0.25) is 0 Å². The Labute approximate surface area is 116 Å². The van der Waals surface area contributed by atoms with Gasteiger partial charge >= 0.3 is 0 Å². The van der Waals surface area contributed by atoms with Gasteiger partial charge < -0.3 is 9.47 Å². The fourth-order valence-electron chi connectivity index (χ4n) is 1.67. The Bertz CT molecular complexity index is 711. The molecule has 1 aromatic heterocycles. The lowest BCUT2D eigenvalue weighted by molar-refractivity contribution is 0.354. The van der Waals surface area contributed by atoms with E-state index in [2.05, 4.69) is 15.2 Å². The fourth-order valence-corrected chi connectivity index (χ4v) is 2.08. The highest BCUT2D eigenvalue weighted by atomic mass is 32.2. The van der Waals surface area contributed by atoms with Crippen molar-refractivity contribution in [3.05, 3.63) is 29.6 Å². The summed E-state index contributed by atoms with van der Waals surface area (Å²) in [6, 6.07) is 5.35. The number of aromatic amines is 1. The summed E-state index contributed by atoms with van der Waals surface area (Å²) in [6.45, 7) is 0. The van der Waals surface area contributed by atoms with Gasteiger partial charge in [0.1, 0.15) is 5.82 Å². The molecule has 0 spiro atoms. The van der Waals surface area contributed by atoms with Gasteiger partial charge in [-0.05, 0) is 17.7 Å². The van der Waals surface area contributed by atoms with Gasteiger partial charge in [-0.3, -0.25) is 5.10 Å². The molecule has 3 N–H and O–H groups in total. The quantitative estimate of drug-likeness (QED) is 0.805. The predicted molar refractivity (Wildman–Crippen MR) is 70.1 cm³/mol. The molecule has 8 nitrogen and oxygen atoms in total. The van der Waals surface area contributed by atoms with Crippen LogP contribution in [0.2, 0.25) is 0 Å². The molecule has 108 valence electrons. The molecule has 9 heteroatoms. The van der Waals surface area contributed by atoms with E-state index in [0.717, 1.165) is 5.56 Å². The molecular weight excluding hydrogens is 284 g/mol. The van der Waals surface area contributed by atoms with E-state index in [1.807, 2.05) is 6.07 Å². The maximum Gasteiger partial charge on any atom is 0.282 e. The van der Waals surface area contributed by atoms with Crippen LogP contribution < -0.4 is 14.6 Å². The summed E-state index contributed by atoms with van der Waals surface area (Å²) in [5, 5.41) is 10.6. The third-order valence-corrected chi connectivity index (χ3v) is 3.28. The van der Waals surface area contributed by atoms with Crippen LogP contribution in [-0.2, 0) is 16.4 Å². The molecule has 0 saturated heterocycles. The van der Waals surface area contributed by atoms with Crippen LogP contribution >= 0.6 is 0 Å². The minimum Gasteiger partial charge on any atom is -0.493 e. The highest BCUT2D eigenvalue weighted by molar-refractivity contribution is 7.89. The molecule has 2 rings (SSSR count). The largest absolute Gasteiger partial charge is 0.493 e. The van der Waals surface area contributed by atoms with Crippen LogP contribution in [-0.4, -0.2) is 37.8 Å². The monoisotopic (exact) mass is 298 g/mol. The summed E-state index contributed by atoms with van der Waals surface area (Å²) < 4.78 is 32.5. The average molecular weight is 298 g/mol. The summed E-state index contributed by atoms with van der Waals surface area (Å²) in [6.07, 6.45) is 0.364. The van der Waals surface area contributed by atoms with Gasteiger partial charge in [-0.2, -0.15) is 0 Å². The van der Waals surface area contributed by atoms with E-state index in [4.69, 9.17) is 14.6 Å². The van der Waals surface area contributed by atoms with Crippen LogP contribution in [0.15, 0.2) is 23.4 Å². The Morgan fingerprint density at radius 3 is 2.50 bits per heavy atom. The number of nitrogens with zero attached hydrogens (tertiary/aromatic N) is 2. The van der Waals surface area contributed by atoms with Crippen LogP contribution in [0.5, 0.6) is 11.5 Å². The third kappa shape index (κ3) is 3.06. The molecule has 1 heterocycles. The topological polar surface area (TPSA) is 120 Å². The molecule has 0 saturated carbocycles. The number of methoxy groups -OCH3 is 2. The third-order valence-electron chi connectivity index (χ3n) is 2.59. The average Bonchev–Trinajstić information content (AvgIpc) is 2.87. The number of hydrogen-bond acceptors (Lipinski definition) is 6. The first-order valence-corrected chi connectivity index (χ1v) is 7.13. The lowest BCUT2D eigenvalue weighted by Gasteiger charge is -2.08. The van der Waals surface area contributed by atoms with Crippen molar-refractivity contribution in [2.45, 2.75) is 11.6 Å². The second-order valence-electron chi connectivity index (χ2n) is 3.98. The number of nitrogens with two attached hydrogens (primary N) is 1. The maximum atomic E-state index is 11.1. The molecule has 0 bridgehead atoms. The number of hydrogen-bond donors (Lipinski definition) is 2. The smallest absolute Gasteiger partial charge is 0.282 e. The molecule has 0 aliphatic carbocycles. The summed E-state index contributed by atoms with van der Waals surface area (Å²) in [7, 11) is -0.811. The molecule has 0 unspecified atom stereocenters. The molecule has 2 aromatic rings. The molecule has 0 amide bonds. The molecule has 1 aromatic carbocycles. The van der Waals surface area contributed by atoms with Crippen molar-refractivity contribution >= 4 is 10.0 Å². The van der Waals surface area contributed by atoms with Crippen molar-refractivity contribution in [2.75, 3.05) is 14.2 Å². The van der Waals surface area contributed by atoms with Crippen LogP contribution in [0.3, 0.4) is 0 Å². The van der Waals surface area contributed by atoms with Crippen molar-refractivity contribution in [3.8, 4) is 11.5 Å². The van der Waals surface area contributed by atoms with E-state index in [1.54, 1.807) is 19.2 Å². The van der Waals surface area contributed by atoms with E-state index in [9.17, 15) is 8.42 Å². The first-order chi connectivity index (χ1) is 9.44. The van der Waals surface area contributed by atoms with Gasteiger partial charge in [0.05, 0.1) is 14.2 Å². The normalized spacial score (nSPS) is 11.3. The van der Waals surface area contributed by atoms with Crippen molar-refractivity contribution in [2.24, 2.45) is 5.14 Å². The Balaban J connectivity index is 2.24. The van der Waals surface area contributed by atoms with E-state index in [0.29, 0.717) is 23.7 Å². The molecular formula is C11H14N4O4S. The number of sulfonamides is 1. The first-order valence-electron chi connectivity index (χ1n) is 5.59. The lowest BCUT2D eigenvalue weighted by Crippen LogP contribution is -2.14. The second kappa shape index (κ2) is 5.47. The molecule has 0 radical (unpaired) electrons. The van der Waals surface area contributed by atoms with Gasteiger partial charge in [-0.1, -0.05) is 6.07 Å². The van der Waals surface area contributed by atoms with E-state index in [-0.39, 0.29) is 0 Å². The van der Waals surface area contributed by atoms with E-state index < -0.39 is 15.2 Å². The summed E-state index contributed by atoms with van der Waals surface area (Å²) >= 11 is 0. The number of rotatable bonds is 5. The fraction of sp³-hybridized carbons (Fsp3) is 0.273. The first kappa shape index (κ1) is 14.3. The lowest BCUT2D eigenvalue weighted by atomic mass is 10.1. The number of primary sulfonamides is 1. The Morgan fingerprint density at radius 1 is 1.25 bits per heavy atom. The van der Waals surface area contributed by atoms with Crippen LogP contribution in [0.25, 0.3) is 0 Å². The van der Waals surface area contributed by atoms with Crippen molar-refractivity contribution in [1.29, 1.82) is 0 Å². The summed E-state index contributed by atoms with van der Waals surface area (Å²) in [4.78, 5) is 3.82. The molecule has 0 aliphatic heterocycles. The zero-order chi connectivity index (χ0) is 14.8. The minimum absolute atomic E-state index is 0.364. The predicted octanol–water partition coefficient (Wildman–Crippen LogP) is 0.0601. The maximum absolute atomic E-state index is 11.1. The Hall–Kier alpha value is -2.13. The summed E-state index contributed by atoms with van der Waals surface area (Å²) in [5.74, 6) is 1.58. The molecule has 0 atom stereocenters. The highest BCUT2D eigenvalue weighted by Gasteiger charge is 2.15. The Morgan fingerprint density at radius 2 is 1.95 bits per heavy atom. The van der Waals surface area contributed by atoms with Crippen LogP contribution in [0.1, 0.15) is 11.4 Å². The minimum atomic E-state index is -3.90. The van der Waals surface area contributed by atoms with Crippen molar-refractivity contribution in [3.63, 3.8) is 0 Å². The van der Waals surface area contributed by atoms with Gasteiger partial charge in [0.15, 0.2) is 11.5 Å². The number of H-pyrrole nitrogens is 1. The van der Waals surface area contributed by atoms with Gasteiger partial charge in [-0.25, -0.2) is 18.5 Å². The number of nitrogens with one attached hydrogen (secondary N) is 1. The van der Waals surface area contributed by atoms with E-state index >= 15 is 0 Å². The second-order valence-corrected chi connectivity index (χ2v) is 5.43. The zero-order valence-corrected chi connectivity index (χ0v) is 11.8. The van der Waals surface area contributed by atoms with Gasteiger partial charge in [0.25, 0.3) is 15.2 Å². The summed E-state index contributed by atoms with van der Waals surface area (Å²) in [5.41, 5.74) is 0.861. The number of ether oxygens (including phenoxy) is 2.